The maximum absolute atomic E-state index is 9.50. The van der Waals surface area contributed by atoms with E-state index >= 15 is 0 Å². The molecule has 0 aliphatic rings. The predicted molar refractivity (Wildman–Crippen MR) is 16.0 cm³/mol. The molecule has 26 valence electrons. The van der Waals surface area contributed by atoms with E-state index in [1.54, 1.807) is 9.12 Å². The SMILES string of the molecule is CF.O=P. The molecule has 0 amide bonds. The Balaban J connectivity index is 0. The molecule has 0 saturated carbocycles. The predicted octanol–water partition coefficient (Wildman–Crippen LogP) is 1.06. The van der Waals surface area contributed by atoms with Crippen LogP contribution in [0.1, 0.15) is 0 Å². The fourth-order valence-electron chi connectivity index (χ4n) is 0. The lowest BCUT2D eigenvalue weighted by Crippen LogP contribution is -0.939. The van der Waals surface area contributed by atoms with Gasteiger partial charge in [-0.15, -0.1) is 0 Å². The summed E-state index contributed by atoms with van der Waals surface area (Å²) in [4.78, 5) is 0. The second-order valence-corrected chi connectivity index (χ2v) is 0. The fraction of sp³-hybridized carbons (Fsp3) is 1.00. The van der Waals surface area contributed by atoms with Crippen molar-refractivity contribution in [3.05, 3.63) is 0 Å². The molecule has 0 spiro atoms. The molecule has 0 radical (unpaired) electrons. The van der Waals surface area contributed by atoms with Crippen molar-refractivity contribution < 1.29 is 8.96 Å². The lowest BCUT2D eigenvalue weighted by atomic mass is 11.9. The highest BCUT2D eigenvalue weighted by Gasteiger charge is 0.926. The van der Waals surface area contributed by atoms with Crippen molar-refractivity contribution >= 4 is 9.12 Å². The van der Waals surface area contributed by atoms with Gasteiger partial charge in [0, 0.05) is 0 Å². The van der Waals surface area contributed by atoms with Gasteiger partial charge in [0.05, 0.1) is 7.18 Å². The Morgan fingerprint density at radius 1 is 1.50 bits per heavy atom. The van der Waals surface area contributed by atoms with Gasteiger partial charge in [-0.1, -0.05) is 0 Å². The lowest BCUT2D eigenvalue weighted by Gasteiger charge is -1.10. The van der Waals surface area contributed by atoms with Crippen molar-refractivity contribution in [2.24, 2.45) is 0 Å². The Hall–Kier alpha value is 0.0300. The highest BCUT2D eigenvalue weighted by Crippen LogP contribution is 1.23. The van der Waals surface area contributed by atoms with Crippen LogP contribution in [-0.4, -0.2) is 7.18 Å². The van der Waals surface area contributed by atoms with E-state index < -0.39 is 0 Å². The Morgan fingerprint density at radius 2 is 1.50 bits per heavy atom. The molecular weight excluding hydrogens is 78.0 g/mol. The third-order valence-electron chi connectivity index (χ3n) is 0. The largest absolute Gasteiger partial charge is 0.279 e. The lowest BCUT2D eigenvalue weighted by molar-refractivity contribution is 0.607. The monoisotopic (exact) mass is 82.0 g/mol. The molecule has 0 fully saturated rings. The van der Waals surface area contributed by atoms with E-state index in [0.717, 1.165) is 0 Å². The third kappa shape index (κ3) is 2390. The van der Waals surface area contributed by atoms with Crippen molar-refractivity contribution in [1.82, 2.24) is 0 Å². The molecule has 0 N–H and O–H groups in total. The van der Waals surface area contributed by atoms with Crippen molar-refractivity contribution in [3.63, 3.8) is 0 Å². The Bertz CT molecular complexity index is 8.00. The molecule has 0 bridgehead atoms. The molecule has 3 heteroatoms. The van der Waals surface area contributed by atoms with Crippen LogP contribution in [0.25, 0.3) is 0 Å². The number of rotatable bonds is 0. The molecule has 4 heavy (non-hydrogen) atoms. The summed E-state index contributed by atoms with van der Waals surface area (Å²) in [6.07, 6.45) is 0. The van der Waals surface area contributed by atoms with E-state index in [9.17, 15) is 4.39 Å². The average Bonchev–Trinajstić information content (AvgIpc) is 1.50. The van der Waals surface area contributed by atoms with Crippen LogP contribution in [0, 0.1) is 0 Å². The first-order chi connectivity index (χ1) is 2.00. The van der Waals surface area contributed by atoms with Crippen LogP contribution < -0.4 is 0 Å². The minimum Gasteiger partial charge on any atom is -0.279 e. The highest BCUT2D eigenvalue weighted by atomic mass is 31.0. The first-order valence-corrected chi connectivity index (χ1v) is 0.990. The average molecular weight is 82.0 g/mol. The van der Waals surface area contributed by atoms with E-state index in [4.69, 9.17) is 4.57 Å². The van der Waals surface area contributed by atoms with Gasteiger partial charge in [0.25, 0.3) is 0 Å². The minimum absolute atomic E-state index is 0.500. The van der Waals surface area contributed by atoms with E-state index in [2.05, 4.69) is 0 Å². The van der Waals surface area contributed by atoms with Crippen LogP contribution in [-0.2, 0) is 4.57 Å². The van der Waals surface area contributed by atoms with E-state index in [0.29, 0.717) is 7.18 Å². The summed E-state index contributed by atoms with van der Waals surface area (Å²) in [6.45, 7) is 0. The first kappa shape index (κ1) is 8.98. The topological polar surface area (TPSA) is 17.1 Å². The Kier molecular flexibility index (Phi) is 31100. The van der Waals surface area contributed by atoms with Crippen molar-refractivity contribution in [2.45, 2.75) is 0 Å². The first-order valence-electron chi connectivity index (χ1n) is 0.582. The van der Waals surface area contributed by atoms with Gasteiger partial charge in [-0.2, -0.15) is 0 Å². The second-order valence-electron chi connectivity index (χ2n) is 0. The van der Waals surface area contributed by atoms with E-state index in [1.165, 1.54) is 0 Å². The second kappa shape index (κ2) is 13900. The molecule has 0 unspecified atom stereocenters. The number of hydrogen-bond donors (Lipinski definition) is 0. The summed E-state index contributed by atoms with van der Waals surface area (Å²) in [5.74, 6) is 0. The smallest absolute Gasteiger partial charge is 0.138 e. The summed E-state index contributed by atoms with van der Waals surface area (Å²) in [5.41, 5.74) is 0. The molecule has 0 aromatic carbocycles. The van der Waals surface area contributed by atoms with Gasteiger partial charge in [-0.05, 0) is 0 Å². The highest BCUT2D eigenvalue weighted by molar-refractivity contribution is 7.00. The number of alkyl halides is 1. The molecule has 0 atom stereocenters. The van der Waals surface area contributed by atoms with Gasteiger partial charge in [-0.3, -0.25) is 8.96 Å². The minimum atomic E-state index is 0.500. The summed E-state index contributed by atoms with van der Waals surface area (Å²) >= 11 is 0. The van der Waals surface area contributed by atoms with Crippen LogP contribution in [0.2, 0.25) is 0 Å². The molecule has 1 nitrogen and oxygen atoms in total. The normalized spacial score (nSPS) is 2.50. The third-order valence-corrected chi connectivity index (χ3v) is 0. The summed E-state index contributed by atoms with van der Waals surface area (Å²) in [6, 6.07) is 0. The van der Waals surface area contributed by atoms with Gasteiger partial charge in [0.2, 0.25) is 0 Å². The molecule has 0 aromatic rings. The molecule has 0 aromatic heterocycles. The molecule has 0 heterocycles. The summed E-state index contributed by atoms with van der Waals surface area (Å²) < 4.78 is 17.6. The van der Waals surface area contributed by atoms with Gasteiger partial charge in [0.1, 0.15) is 9.12 Å². The molecule has 0 aliphatic carbocycles. The zero-order valence-corrected chi connectivity index (χ0v) is 3.29. The van der Waals surface area contributed by atoms with Crippen LogP contribution in [0.4, 0.5) is 4.39 Å². The van der Waals surface area contributed by atoms with E-state index in [-0.39, 0.29) is 0 Å². The zero-order valence-electron chi connectivity index (χ0n) is 2.29. The quantitative estimate of drug-likeness (QED) is 0.399. The molecular formula is CH4FOP. The Labute approximate surface area is 26.4 Å². The maximum Gasteiger partial charge on any atom is 0.138 e. The zero-order chi connectivity index (χ0) is 4.00. The van der Waals surface area contributed by atoms with Gasteiger partial charge < -0.3 is 0 Å². The van der Waals surface area contributed by atoms with E-state index in [1.807, 2.05) is 0 Å². The van der Waals surface area contributed by atoms with Crippen molar-refractivity contribution in [2.75, 3.05) is 7.18 Å². The number of halogens is 1. The van der Waals surface area contributed by atoms with Gasteiger partial charge >= 0.3 is 0 Å². The van der Waals surface area contributed by atoms with Crippen molar-refractivity contribution in [1.29, 1.82) is 0 Å². The van der Waals surface area contributed by atoms with Gasteiger partial charge in [0.15, 0.2) is 0 Å². The number of hydrogen-bond acceptors (Lipinski definition) is 1. The summed E-state index contributed by atoms with van der Waals surface area (Å²) in [7, 11) is 2.22. The van der Waals surface area contributed by atoms with Crippen molar-refractivity contribution in [3.8, 4) is 0 Å². The van der Waals surface area contributed by atoms with Gasteiger partial charge in [-0.25, -0.2) is 0 Å². The molecule has 0 rings (SSSR count). The molecule has 0 aliphatic heterocycles. The van der Waals surface area contributed by atoms with Crippen LogP contribution in [0.5, 0.6) is 0 Å². The van der Waals surface area contributed by atoms with Crippen LogP contribution in [0.15, 0.2) is 0 Å². The summed E-state index contributed by atoms with van der Waals surface area (Å²) in [5, 5.41) is 0. The van der Waals surface area contributed by atoms with Crippen LogP contribution >= 0.6 is 9.12 Å². The Morgan fingerprint density at radius 3 is 1.50 bits per heavy atom. The standard InChI is InChI=1S/CH3F.HOP/c2*1-2/h1H3;2H. The fourth-order valence-corrected chi connectivity index (χ4v) is 0. The molecule has 0 saturated heterocycles. The maximum atomic E-state index is 9.50. The van der Waals surface area contributed by atoms with Crippen LogP contribution in [0.3, 0.4) is 0 Å².